The van der Waals surface area contributed by atoms with E-state index in [-0.39, 0.29) is 29.5 Å². The maximum Gasteiger partial charge on any atom is 0.212 e. The van der Waals surface area contributed by atoms with Crippen LogP contribution >= 0.6 is 0 Å². The third kappa shape index (κ3) is 3.92. The fourth-order valence-corrected chi connectivity index (χ4v) is 3.67. The second-order valence-electron chi connectivity index (χ2n) is 6.27. The average Bonchev–Trinajstić information content (AvgIpc) is 2.67. The van der Waals surface area contributed by atoms with Gasteiger partial charge < -0.3 is 34.4 Å². The van der Waals surface area contributed by atoms with Crippen LogP contribution in [0.1, 0.15) is 25.1 Å². The van der Waals surface area contributed by atoms with Gasteiger partial charge in [-0.3, -0.25) is 0 Å². The zero-order valence-electron chi connectivity index (χ0n) is 15.7. The summed E-state index contributed by atoms with van der Waals surface area (Å²) in [6, 6.07) is 21.6. The van der Waals surface area contributed by atoms with E-state index in [0.29, 0.717) is 0 Å². The largest absolute Gasteiger partial charge is 1.00 e. The molecule has 3 nitrogen and oxygen atoms in total. The van der Waals surface area contributed by atoms with Gasteiger partial charge in [0, 0.05) is 41.5 Å². The lowest BCUT2D eigenvalue weighted by atomic mass is 10.0. The number of hydrogen-bond acceptors (Lipinski definition) is 1. The van der Waals surface area contributed by atoms with Gasteiger partial charge in [0.25, 0.3) is 0 Å². The molecule has 0 radical (unpaired) electrons. The average molecular weight is 472 g/mol. The van der Waals surface area contributed by atoms with Crippen molar-refractivity contribution in [2.45, 2.75) is 20.4 Å². The van der Waals surface area contributed by atoms with Crippen LogP contribution in [0.15, 0.2) is 72.4 Å². The lowest BCUT2D eigenvalue weighted by Gasteiger charge is -2.29. The highest BCUT2D eigenvalue weighted by Gasteiger charge is 2.18. The molecule has 2 heterocycles. The summed E-state index contributed by atoms with van der Waals surface area (Å²) in [7, 11) is 0. The van der Waals surface area contributed by atoms with Gasteiger partial charge in [-0.25, -0.2) is 0 Å². The first kappa shape index (κ1) is 21.1. The fraction of sp³-hybridized carbons (Fsp3) is 0.174. The van der Waals surface area contributed by atoms with Gasteiger partial charge in [0.2, 0.25) is 11.2 Å². The highest BCUT2D eigenvalue weighted by molar-refractivity contribution is 5.80. The lowest BCUT2D eigenvalue weighted by molar-refractivity contribution is -0.669. The van der Waals surface area contributed by atoms with Gasteiger partial charge in [0.05, 0.1) is 0 Å². The van der Waals surface area contributed by atoms with Crippen LogP contribution in [-0.4, -0.2) is 12.0 Å². The second kappa shape index (κ2) is 9.15. The molecule has 0 fully saturated rings. The van der Waals surface area contributed by atoms with E-state index in [9.17, 15) is 0 Å². The van der Waals surface area contributed by atoms with Gasteiger partial charge in [-0.05, 0) is 43.7 Å². The zero-order valence-corrected chi connectivity index (χ0v) is 17.8. The van der Waals surface area contributed by atoms with E-state index in [1.165, 1.54) is 33.5 Å². The first-order chi connectivity index (χ1) is 12.3. The van der Waals surface area contributed by atoms with Gasteiger partial charge >= 0.3 is 0 Å². The predicted molar refractivity (Wildman–Crippen MR) is 110 cm³/mol. The van der Waals surface area contributed by atoms with E-state index in [1.807, 2.05) is 0 Å². The van der Waals surface area contributed by atoms with Gasteiger partial charge in [0.15, 0.2) is 0 Å². The Balaban J connectivity index is 0.00000131. The Labute approximate surface area is 178 Å². The molecule has 0 spiro atoms. The van der Waals surface area contributed by atoms with E-state index in [4.69, 9.17) is 0 Å². The van der Waals surface area contributed by atoms with Gasteiger partial charge in [-0.1, -0.05) is 36.4 Å². The summed E-state index contributed by atoms with van der Waals surface area (Å²) in [5.74, 6) is 0. The summed E-state index contributed by atoms with van der Waals surface area (Å²) < 4.78 is 2.38. The third-order valence-corrected chi connectivity index (χ3v) is 4.87. The number of nitrogens with zero attached hydrogens (tertiary/aromatic N) is 2. The molecule has 27 heavy (non-hydrogen) atoms. The number of allylic oxidation sites excluding steroid dienone is 1. The number of likely N-dealkylation sites (N-methyl/N-ethyl adjacent to an activating group) is 1. The Morgan fingerprint density at radius 1 is 0.889 bits per heavy atom. The maximum atomic E-state index is 2.38. The topological polar surface area (TPSA) is 38.6 Å². The molecule has 1 aliphatic rings. The molecule has 0 atom stereocenters. The van der Waals surface area contributed by atoms with Gasteiger partial charge in [-0.15, -0.1) is 0 Å². The minimum absolute atomic E-state index is 0. The van der Waals surface area contributed by atoms with Crippen molar-refractivity contribution in [2.75, 3.05) is 11.4 Å². The molecule has 4 rings (SSSR count). The van der Waals surface area contributed by atoms with Crippen molar-refractivity contribution in [1.82, 2.24) is 0 Å². The molecule has 0 saturated carbocycles. The number of benzene rings is 2. The number of aromatic nitrogens is 1. The van der Waals surface area contributed by atoms with E-state index in [1.54, 1.807) is 0 Å². The highest BCUT2D eigenvalue weighted by Crippen LogP contribution is 2.31. The first-order valence-corrected chi connectivity index (χ1v) is 8.99. The molecule has 4 heteroatoms. The predicted octanol–water partition coefficient (Wildman–Crippen LogP) is 1.22. The molecule has 2 N–H and O–H groups in total. The SMILES string of the molecule is CCN1/C(=C/c2ccc3ccccc3[n+]2CC)C=Cc2ccccc21.O.[I-]. The van der Waals surface area contributed by atoms with Crippen LogP contribution in [0.25, 0.3) is 23.1 Å². The zero-order chi connectivity index (χ0) is 17.2. The molecule has 0 aliphatic carbocycles. The molecular weight excluding hydrogens is 447 g/mol. The molecule has 2 aromatic carbocycles. The number of fused-ring (bicyclic) bond motifs is 2. The van der Waals surface area contributed by atoms with Crippen LogP contribution in [0.3, 0.4) is 0 Å². The minimum atomic E-state index is 0. The summed E-state index contributed by atoms with van der Waals surface area (Å²) in [5, 5.41) is 1.28. The van der Waals surface area contributed by atoms with Crippen LogP contribution in [-0.2, 0) is 6.54 Å². The molecular formula is C23H25IN2O. The van der Waals surface area contributed by atoms with Gasteiger partial charge in [-0.2, -0.15) is 4.57 Å². The smallest absolute Gasteiger partial charge is 0.212 e. The maximum absolute atomic E-state index is 2.38. The van der Waals surface area contributed by atoms with Crippen LogP contribution in [0.4, 0.5) is 5.69 Å². The summed E-state index contributed by atoms with van der Waals surface area (Å²) in [5.41, 5.74) is 6.31. The van der Waals surface area contributed by atoms with E-state index >= 15 is 0 Å². The number of para-hydroxylation sites is 2. The second-order valence-corrected chi connectivity index (χ2v) is 6.27. The summed E-state index contributed by atoms with van der Waals surface area (Å²) in [4.78, 5) is 2.38. The Kier molecular flexibility index (Phi) is 7.16. The van der Waals surface area contributed by atoms with Crippen molar-refractivity contribution in [2.24, 2.45) is 0 Å². The molecule has 0 amide bonds. The summed E-state index contributed by atoms with van der Waals surface area (Å²) in [6.07, 6.45) is 6.73. The highest BCUT2D eigenvalue weighted by atomic mass is 127. The van der Waals surface area contributed by atoms with Crippen molar-refractivity contribution in [3.05, 3.63) is 83.7 Å². The number of anilines is 1. The molecule has 140 valence electrons. The van der Waals surface area contributed by atoms with E-state index in [0.717, 1.165) is 13.1 Å². The monoisotopic (exact) mass is 472 g/mol. The minimum Gasteiger partial charge on any atom is -1.00 e. The number of pyridine rings is 1. The number of rotatable bonds is 3. The van der Waals surface area contributed by atoms with Crippen LogP contribution in [0.5, 0.6) is 0 Å². The quantitative estimate of drug-likeness (QED) is 0.418. The molecule has 0 bridgehead atoms. The number of halogens is 1. The molecule has 0 saturated heterocycles. The van der Waals surface area contributed by atoms with Crippen molar-refractivity contribution < 1.29 is 34.0 Å². The van der Waals surface area contributed by atoms with Gasteiger partial charge in [0.1, 0.15) is 6.54 Å². The Morgan fingerprint density at radius 2 is 1.63 bits per heavy atom. The lowest BCUT2D eigenvalue weighted by Crippen LogP contribution is -3.00. The first-order valence-electron chi connectivity index (χ1n) is 8.99. The molecule has 1 aliphatic heterocycles. The third-order valence-electron chi connectivity index (χ3n) is 4.87. The van der Waals surface area contributed by atoms with Crippen LogP contribution < -0.4 is 33.4 Å². The summed E-state index contributed by atoms with van der Waals surface area (Å²) in [6.45, 7) is 6.32. The van der Waals surface area contributed by atoms with Crippen LogP contribution in [0, 0.1) is 0 Å². The normalized spacial score (nSPS) is 13.9. The van der Waals surface area contributed by atoms with Crippen molar-refractivity contribution in [3.63, 3.8) is 0 Å². The number of aryl methyl sites for hydroxylation is 1. The van der Waals surface area contributed by atoms with Crippen molar-refractivity contribution in [3.8, 4) is 0 Å². The standard InChI is InChI=1S/C23H23N2.HI.H2O/c1-3-24-20(15-13-18-9-5-7-11-22(18)24)17-21-16-14-19-10-6-8-12-23(19)25(21)4-2;;/h5-17H,3-4H2,1-2H3;1H;1H2/q+1;;/p-1. The Bertz CT molecular complexity index is 995. The van der Waals surface area contributed by atoms with Crippen LogP contribution in [0.2, 0.25) is 0 Å². The Morgan fingerprint density at radius 3 is 2.41 bits per heavy atom. The fourth-order valence-electron chi connectivity index (χ4n) is 3.67. The molecule has 0 unspecified atom stereocenters. The Hall–Kier alpha value is -2.18. The van der Waals surface area contributed by atoms with E-state index in [2.05, 4.69) is 102 Å². The van der Waals surface area contributed by atoms with E-state index < -0.39 is 0 Å². The molecule has 1 aromatic heterocycles. The number of hydrogen-bond donors (Lipinski definition) is 0. The van der Waals surface area contributed by atoms with Crippen molar-refractivity contribution in [1.29, 1.82) is 0 Å². The summed E-state index contributed by atoms with van der Waals surface area (Å²) >= 11 is 0. The molecule has 3 aromatic rings. The van der Waals surface area contributed by atoms with Crippen molar-refractivity contribution >= 4 is 28.7 Å².